The number of hydrogen-bond donors (Lipinski definition) is 0. The van der Waals surface area contributed by atoms with Crippen LogP contribution in [-0.2, 0) is 22.7 Å². The Kier molecular flexibility index (Phi) is 6.59. The maximum Gasteiger partial charge on any atom is 0.219 e. The molecule has 0 aliphatic rings. The number of benzene rings is 1. The highest BCUT2D eigenvalue weighted by Crippen LogP contribution is 2.29. The van der Waals surface area contributed by atoms with Crippen molar-refractivity contribution in [1.29, 1.82) is 0 Å². The maximum atomic E-state index is 10.8. The Morgan fingerprint density at radius 2 is 2.10 bits per heavy atom. The highest BCUT2D eigenvalue weighted by molar-refractivity contribution is 6.55. The summed E-state index contributed by atoms with van der Waals surface area (Å²) in [6, 6.07) is 12.4. The predicted molar refractivity (Wildman–Crippen MR) is 121 cm³/mol. The topological polar surface area (TPSA) is 79.4 Å². The summed E-state index contributed by atoms with van der Waals surface area (Å²) in [5.41, 5.74) is 3.42. The van der Waals surface area contributed by atoms with Gasteiger partial charge < -0.3 is 18.7 Å². The summed E-state index contributed by atoms with van der Waals surface area (Å²) in [7, 11) is -0.603. The van der Waals surface area contributed by atoms with Gasteiger partial charge in [-0.1, -0.05) is 13.1 Å². The van der Waals surface area contributed by atoms with Gasteiger partial charge in [0.05, 0.1) is 12.0 Å². The van der Waals surface area contributed by atoms with E-state index in [1.165, 1.54) is 0 Å². The number of hydrogen-bond acceptors (Lipinski definition) is 6. The van der Waals surface area contributed by atoms with E-state index in [2.05, 4.69) is 23.2 Å². The molecule has 8 heteroatoms. The van der Waals surface area contributed by atoms with Crippen molar-refractivity contribution in [2.24, 2.45) is 0 Å². The highest BCUT2D eigenvalue weighted by atomic mass is 28.3. The fourth-order valence-corrected chi connectivity index (χ4v) is 3.88. The van der Waals surface area contributed by atoms with Crippen molar-refractivity contribution in [3.05, 3.63) is 60.6 Å². The summed E-state index contributed by atoms with van der Waals surface area (Å²) < 4.78 is 19.0. The zero-order valence-electron chi connectivity index (χ0n) is 17.7. The van der Waals surface area contributed by atoms with Crippen molar-refractivity contribution < 1.29 is 18.7 Å². The summed E-state index contributed by atoms with van der Waals surface area (Å²) >= 11 is 0. The number of furan rings is 1. The summed E-state index contributed by atoms with van der Waals surface area (Å²) in [4.78, 5) is 15.2. The third kappa shape index (κ3) is 5.10. The van der Waals surface area contributed by atoms with Gasteiger partial charge in [-0.25, -0.2) is 9.67 Å². The summed E-state index contributed by atoms with van der Waals surface area (Å²) in [6.07, 6.45) is 6.32. The van der Waals surface area contributed by atoms with Crippen LogP contribution in [0.5, 0.6) is 11.6 Å². The quantitative estimate of drug-likeness (QED) is 0.204. The molecule has 0 amide bonds. The molecule has 0 aliphatic heterocycles. The van der Waals surface area contributed by atoms with Gasteiger partial charge in [-0.2, -0.15) is 5.10 Å². The summed E-state index contributed by atoms with van der Waals surface area (Å²) in [5.74, 6) is 1.10. The first-order chi connectivity index (χ1) is 15.1. The molecule has 0 bridgehead atoms. The Bertz CT molecular complexity index is 1150. The number of rotatable bonds is 10. The van der Waals surface area contributed by atoms with Crippen LogP contribution in [0, 0.1) is 0 Å². The first kappa shape index (κ1) is 21.0. The molecule has 160 valence electrons. The van der Waals surface area contributed by atoms with Crippen molar-refractivity contribution in [3.63, 3.8) is 0 Å². The van der Waals surface area contributed by atoms with Crippen LogP contribution < -0.4 is 4.74 Å². The number of carbonyl (C=O) groups excluding carboxylic acids is 1. The van der Waals surface area contributed by atoms with E-state index in [1.54, 1.807) is 24.7 Å². The molecule has 0 spiro atoms. The first-order valence-corrected chi connectivity index (χ1v) is 13.4. The minimum atomic E-state index is -0.603. The Balaban J connectivity index is 1.43. The van der Waals surface area contributed by atoms with Gasteiger partial charge in [-0.3, -0.25) is 0 Å². The molecule has 4 rings (SSSR count). The van der Waals surface area contributed by atoms with E-state index in [9.17, 15) is 4.79 Å². The fourth-order valence-electron chi connectivity index (χ4n) is 3.24. The van der Waals surface area contributed by atoms with Crippen LogP contribution in [0.2, 0.25) is 19.1 Å². The molecule has 4 aromatic rings. The number of ether oxygens (including phenoxy) is 2. The standard InChI is InChI=1S/C23H25N3O4Si/c1-31(2)12-11-28-16-26-21(7-9-25-26)17-3-6-23(24-14-17)30-19-4-5-20-18(8-10-27)15-29-22(20)13-19/h3-7,9-10,13-15,31H,8,11-12,16H2,1-2H3. The van der Waals surface area contributed by atoms with Crippen LogP contribution in [0.4, 0.5) is 0 Å². The fraction of sp³-hybridized carbons (Fsp3) is 0.261. The monoisotopic (exact) mass is 435 g/mol. The van der Waals surface area contributed by atoms with E-state index >= 15 is 0 Å². The smallest absolute Gasteiger partial charge is 0.219 e. The minimum Gasteiger partial charge on any atom is -0.464 e. The average Bonchev–Trinajstić information content (AvgIpc) is 3.39. The molecule has 3 aromatic heterocycles. The van der Waals surface area contributed by atoms with Crippen LogP contribution in [0.25, 0.3) is 22.2 Å². The molecule has 0 saturated heterocycles. The van der Waals surface area contributed by atoms with Crippen molar-refractivity contribution in [2.75, 3.05) is 6.61 Å². The van der Waals surface area contributed by atoms with Crippen LogP contribution in [0.1, 0.15) is 5.56 Å². The predicted octanol–water partition coefficient (Wildman–Crippen LogP) is 4.69. The van der Waals surface area contributed by atoms with Crippen LogP contribution in [0.3, 0.4) is 0 Å². The Morgan fingerprint density at radius 3 is 2.87 bits per heavy atom. The number of nitrogens with zero attached hydrogens (tertiary/aromatic N) is 3. The Labute approximate surface area is 182 Å². The molecule has 3 heterocycles. The van der Waals surface area contributed by atoms with E-state index in [0.29, 0.717) is 30.4 Å². The second-order valence-corrected chi connectivity index (χ2v) is 11.1. The third-order valence-corrected chi connectivity index (χ3v) is 6.35. The zero-order valence-corrected chi connectivity index (χ0v) is 18.8. The molecular formula is C23H25N3O4Si. The lowest BCUT2D eigenvalue weighted by atomic mass is 10.1. The van der Waals surface area contributed by atoms with Crippen molar-refractivity contribution in [2.45, 2.75) is 32.3 Å². The molecule has 0 fully saturated rings. The number of aldehydes is 1. The maximum absolute atomic E-state index is 10.8. The molecule has 0 saturated carbocycles. The molecule has 1 aromatic carbocycles. The van der Waals surface area contributed by atoms with E-state index in [-0.39, 0.29) is 0 Å². The highest BCUT2D eigenvalue weighted by Gasteiger charge is 2.10. The Morgan fingerprint density at radius 1 is 1.19 bits per heavy atom. The second-order valence-electron chi connectivity index (χ2n) is 7.71. The lowest BCUT2D eigenvalue weighted by Crippen LogP contribution is -2.10. The van der Waals surface area contributed by atoms with Crippen molar-refractivity contribution in [1.82, 2.24) is 14.8 Å². The number of fused-ring (bicyclic) bond motifs is 1. The van der Waals surface area contributed by atoms with Gasteiger partial charge in [-0.15, -0.1) is 0 Å². The van der Waals surface area contributed by atoms with Gasteiger partial charge in [0.2, 0.25) is 5.88 Å². The molecular weight excluding hydrogens is 410 g/mol. The van der Waals surface area contributed by atoms with Crippen LogP contribution >= 0.6 is 0 Å². The van der Waals surface area contributed by atoms with Crippen molar-refractivity contribution >= 4 is 26.1 Å². The molecule has 0 aliphatic carbocycles. The summed E-state index contributed by atoms with van der Waals surface area (Å²) in [5, 5.41) is 5.27. The lowest BCUT2D eigenvalue weighted by Gasteiger charge is -2.10. The van der Waals surface area contributed by atoms with Gasteiger partial charge in [0.15, 0.2) is 0 Å². The first-order valence-electron chi connectivity index (χ1n) is 10.3. The largest absolute Gasteiger partial charge is 0.464 e. The van der Waals surface area contributed by atoms with E-state index < -0.39 is 8.80 Å². The van der Waals surface area contributed by atoms with E-state index in [4.69, 9.17) is 13.9 Å². The summed E-state index contributed by atoms with van der Waals surface area (Å²) in [6.45, 7) is 5.83. The average molecular weight is 436 g/mol. The molecule has 7 nitrogen and oxygen atoms in total. The molecule has 0 radical (unpaired) electrons. The molecule has 31 heavy (non-hydrogen) atoms. The normalized spacial score (nSPS) is 11.3. The molecule has 0 atom stereocenters. The van der Waals surface area contributed by atoms with Gasteiger partial charge in [0.1, 0.15) is 24.3 Å². The molecule has 0 N–H and O–H groups in total. The van der Waals surface area contributed by atoms with Gasteiger partial charge in [-0.05, 0) is 30.3 Å². The Hall–Kier alpha value is -3.23. The third-order valence-electron chi connectivity index (χ3n) is 4.95. The zero-order chi connectivity index (χ0) is 21.6. The second kappa shape index (κ2) is 9.72. The van der Waals surface area contributed by atoms with E-state index in [1.807, 2.05) is 35.0 Å². The van der Waals surface area contributed by atoms with Gasteiger partial charge in [0.25, 0.3) is 0 Å². The minimum absolute atomic E-state index is 0.331. The number of aromatic nitrogens is 3. The van der Waals surface area contributed by atoms with E-state index in [0.717, 1.165) is 41.1 Å². The SMILES string of the molecule is C[SiH](C)CCOCn1nccc1-c1ccc(Oc2ccc3c(CC=O)coc3c2)nc1. The lowest BCUT2D eigenvalue weighted by molar-refractivity contribution is -0.107. The van der Waals surface area contributed by atoms with Crippen molar-refractivity contribution in [3.8, 4) is 22.9 Å². The number of carbonyl (C=O) groups is 1. The number of pyridine rings is 1. The van der Waals surface area contributed by atoms with Gasteiger partial charge in [0, 0.05) is 62.9 Å². The van der Waals surface area contributed by atoms with Crippen LogP contribution in [-0.4, -0.2) is 36.5 Å². The molecule has 0 unspecified atom stereocenters. The van der Waals surface area contributed by atoms with Crippen LogP contribution in [0.15, 0.2) is 59.5 Å². The van der Waals surface area contributed by atoms with Gasteiger partial charge >= 0.3 is 0 Å².